The first-order chi connectivity index (χ1) is 11.6. The van der Waals surface area contributed by atoms with Crippen LogP contribution in [0.4, 0.5) is 0 Å². The largest absolute Gasteiger partial charge is 0.329 e. The van der Waals surface area contributed by atoms with Gasteiger partial charge in [0, 0.05) is 22.7 Å². The van der Waals surface area contributed by atoms with Gasteiger partial charge in [0.1, 0.15) is 11.7 Å². The van der Waals surface area contributed by atoms with Crippen LogP contribution < -0.4 is 5.32 Å². The first kappa shape index (κ1) is 14.9. The van der Waals surface area contributed by atoms with Gasteiger partial charge in [-0.25, -0.2) is 4.98 Å². The maximum atomic E-state index is 12.6. The highest BCUT2D eigenvalue weighted by molar-refractivity contribution is 6.09. The van der Waals surface area contributed by atoms with E-state index in [2.05, 4.69) is 59.6 Å². The molecule has 3 aromatic rings. The lowest BCUT2D eigenvalue weighted by Gasteiger charge is -2.26. The zero-order valence-electron chi connectivity index (χ0n) is 14.0. The monoisotopic (exact) mass is 319 g/mol. The summed E-state index contributed by atoms with van der Waals surface area (Å²) in [5, 5.41) is 5.24. The molecule has 24 heavy (non-hydrogen) atoms. The molecule has 0 radical (unpaired) electrons. The van der Waals surface area contributed by atoms with E-state index in [0.29, 0.717) is 5.92 Å². The molecule has 3 heterocycles. The lowest BCUT2D eigenvalue weighted by molar-refractivity contribution is -0.124. The van der Waals surface area contributed by atoms with Crippen LogP contribution in [0.3, 0.4) is 0 Å². The number of nitrogens with one attached hydrogen (secondary N) is 1. The number of allylic oxidation sites excluding steroid dienone is 1. The molecule has 1 fully saturated rings. The number of hydrogen-bond donors (Lipinski definition) is 1. The number of carbonyl (C=O) groups is 1. The van der Waals surface area contributed by atoms with E-state index in [9.17, 15) is 4.79 Å². The van der Waals surface area contributed by atoms with Gasteiger partial charge in [-0.1, -0.05) is 32.6 Å². The van der Waals surface area contributed by atoms with Crippen LogP contribution in [0.25, 0.3) is 21.9 Å². The molecule has 1 N–H and O–H groups in total. The Balaban J connectivity index is 2.06. The second-order valence-electron chi connectivity index (χ2n) is 6.79. The Morgan fingerprint density at radius 2 is 2.12 bits per heavy atom. The topological polar surface area (TPSA) is 46.9 Å². The first-order valence-corrected chi connectivity index (χ1v) is 8.44. The predicted octanol–water partition coefficient (Wildman–Crippen LogP) is 4.28. The van der Waals surface area contributed by atoms with Gasteiger partial charge in [-0.15, -0.1) is 0 Å². The van der Waals surface area contributed by atoms with Crippen molar-refractivity contribution in [3.05, 3.63) is 54.4 Å². The summed E-state index contributed by atoms with van der Waals surface area (Å²) in [5.41, 5.74) is 4.06. The highest BCUT2D eigenvalue weighted by atomic mass is 16.2. The number of hydrogen-bond acceptors (Lipinski definition) is 2. The highest BCUT2D eigenvalue weighted by Crippen LogP contribution is 2.37. The molecule has 1 aliphatic heterocycles. The molecule has 4 rings (SSSR count). The second-order valence-corrected chi connectivity index (χ2v) is 6.79. The van der Waals surface area contributed by atoms with Crippen LogP contribution in [0.2, 0.25) is 0 Å². The zero-order chi connectivity index (χ0) is 16.8. The van der Waals surface area contributed by atoms with Gasteiger partial charge in [0.05, 0.1) is 5.52 Å². The molecule has 4 nitrogen and oxygen atoms in total. The molecule has 1 saturated heterocycles. The molecular formula is C20H21N3O. The molecule has 1 amide bonds. The lowest BCUT2D eigenvalue weighted by Crippen LogP contribution is -2.36. The second kappa shape index (κ2) is 5.48. The molecule has 1 unspecified atom stereocenters. The van der Waals surface area contributed by atoms with Crippen molar-refractivity contribution in [1.82, 2.24) is 14.9 Å². The molecule has 0 spiro atoms. The number of pyridine rings is 1. The Morgan fingerprint density at radius 3 is 2.88 bits per heavy atom. The fourth-order valence-electron chi connectivity index (χ4n) is 3.75. The Hall–Kier alpha value is -2.62. The van der Waals surface area contributed by atoms with E-state index in [-0.39, 0.29) is 11.9 Å². The van der Waals surface area contributed by atoms with Crippen molar-refractivity contribution in [3.8, 4) is 0 Å². The van der Waals surface area contributed by atoms with Crippen molar-refractivity contribution >= 4 is 27.8 Å². The Kier molecular flexibility index (Phi) is 3.41. The van der Waals surface area contributed by atoms with Gasteiger partial charge in [-0.2, -0.15) is 0 Å². The van der Waals surface area contributed by atoms with E-state index in [1.165, 1.54) is 10.9 Å². The van der Waals surface area contributed by atoms with Crippen LogP contribution in [0, 0.1) is 0 Å². The highest BCUT2D eigenvalue weighted by Gasteiger charge is 2.29. The molecule has 2 aromatic heterocycles. The number of amides is 1. The van der Waals surface area contributed by atoms with Crippen molar-refractivity contribution in [1.29, 1.82) is 0 Å². The van der Waals surface area contributed by atoms with Gasteiger partial charge in [0.15, 0.2) is 0 Å². The van der Waals surface area contributed by atoms with Crippen molar-refractivity contribution in [2.45, 2.75) is 38.6 Å². The van der Waals surface area contributed by atoms with Crippen LogP contribution in [-0.2, 0) is 4.79 Å². The number of carbonyl (C=O) groups excluding carboxylic acids is 1. The van der Waals surface area contributed by atoms with E-state index in [1.807, 2.05) is 6.07 Å². The third-order valence-corrected chi connectivity index (χ3v) is 4.87. The number of piperidine rings is 1. The summed E-state index contributed by atoms with van der Waals surface area (Å²) < 4.78 is 2.11. The average Bonchev–Trinajstić information content (AvgIpc) is 2.89. The van der Waals surface area contributed by atoms with Gasteiger partial charge < -0.3 is 9.88 Å². The van der Waals surface area contributed by atoms with E-state index >= 15 is 0 Å². The van der Waals surface area contributed by atoms with Crippen molar-refractivity contribution in [2.24, 2.45) is 0 Å². The third-order valence-electron chi connectivity index (χ3n) is 4.87. The smallest absolute Gasteiger partial charge is 0.247 e. The Bertz CT molecular complexity index is 968. The molecule has 0 saturated carbocycles. The maximum Gasteiger partial charge on any atom is 0.247 e. The van der Waals surface area contributed by atoms with Crippen LogP contribution >= 0.6 is 0 Å². The first-order valence-electron chi connectivity index (χ1n) is 8.44. The summed E-state index contributed by atoms with van der Waals surface area (Å²) >= 11 is 0. The van der Waals surface area contributed by atoms with Gasteiger partial charge in [-0.3, -0.25) is 4.79 Å². The van der Waals surface area contributed by atoms with Crippen LogP contribution in [0.5, 0.6) is 0 Å². The van der Waals surface area contributed by atoms with Gasteiger partial charge in [0.25, 0.3) is 0 Å². The van der Waals surface area contributed by atoms with Gasteiger partial charge >= 0.3 is 0 Å². The molecule has 1 aromatic carbocycles. The molecule has 1 atom stereocenters. The van der Waals surface area contributed by atoms with E-state index < -0.39 is 0 Å². The summed E-state index contributed by atoms with van der Waals surface area (Å²) in [5.74, 6) is 0.415. The molecule has 122 valence electrons. The number of nitrogens with zero attached hydrogens (tertiary/aromatic N) is 2. The van der Waals surface area contributed by atoms with Crippen LogP contribution in [-0.4, -0.2) is 15.5 Å². The summed E-state index contributed by atoms with van der Waals surface area (Å²) in [6, 6.07) is 10.2. The molecule has 0 aliphatic carbocycles. The van der Waals surface area contributed by atoms with Crippen LogP contribution in [0.15, 0.2) is 48.8 Å². The van der Waals surface area contributed by atoms with Gasteiger partial charge in [-0.05, 0) is 42.5 Å². The van der Waals surface area contributed by atoms with Gasteiger partial charge in [0.2, 0.25) is 5.91 Å². The van der Waals surface area contributed by atoms with Crippen molar-refractivity contribution in [3.63, 3.8) is 0 Å². The lowest BCUT2D eigenvalue weighted by atomic mass is 9.97. The molecule has 4 heteroatoms. The maximum absolute atomic E-state index is 12.6. The predicted molar refractivity (Wildman–Crippen MR) is 96.9 cm³/mol. The summed E-state index contributed by atoms with van der Waals surface area (Å²) in [7, 11) is 0. The normalized spacial score (nSPS) is 18.5. The van der Waals surface area contributed by atoms with Crippen molar-refractivity contribution < 1.29 is 4.79 Å². The fraction of sp³-hybridized carbons (Fsp3) is 0.300. The van der Waals surface area contributed by atoms with Crippen molar-refractivity contribution in [2.75, 3.05) is 0 Å². The molecular weight excluding hydrogens is 298 g/mol. The molecule has 0 bridgehead atoms. The Labute approximate surface area is 141 Å². The average molecular weight is 319 g/mol. The zero-order valence-corrected chi connectivity index (χ0v) is 14.0. The van der Waals surface area contributed by atoms with E-state index in [4.69, 9.17) is 0 Å². The number of aromatic nitrogens is 2. The fourth-order valence-corrected chi connectivity index (χ4v) is 3.75. The molecule has 1 aliphatic rings. The minimum absolute atomic E-state index is 0.00523. The minimum atomic E-state index is -0.243. The summed E-state index contributed by atoms with van der Waals surface area (Å²) in [4.78, 5) is 17.2. The van der Waals surface area contributed by atoms with E-state index in [1.54, 1.807) is 6.20 Å². The Morgan fingerprint density at radius 1 is 1.29 bits per heavy atom. The quantitative estimate of drug-likeness (QED) is 0.766. The van der Waals surface area contributed by atoms with E-state index in [0.717, 1.165) is 35.1 Å². The number of rotatable bonds is 2. The summed E-state index contributed by atoms with van der Waals surface area (Å²) in [6.07, 6.45) is 3.35. The minimum Gasteiger partial charge on any atom is -0.329 e. The summed E-state index contributed by atoms with van der Waals surface area (Å²) in [6.45, 7) is 8.29. The standard InChI is InChI=1S/C20H21N3O/c1-12(2)14-6-4-8-16-18(14)15-7-5-11-21-19(15)23(16)17-10-9-13(3)22-20(17)24/h4-8,11-12,17H,3,9-10H2,1-2H3,(H,22,24). The number of fused-ring (bicyclic) bond motifs is 3. The number of benzene rings is 1. The van der Waals surface area contributed by atoms with Crippen LogP contribution in [0.1, 0.15) is 44.2 Å². The SMILES string of the molecule is C=C1CCC(n2c3cccc(C(C)C)c3c3cccnc32)C(=O)N1. The third kappa shape index (κ3) is 2.13.